The maximum atomic E-state index is 11.7. The van der Waals surface area contributed by atoms with Crippen LogP contribution in [0.4, 0.5) is 0 Å². The number of nitrogens with one attached hydrogen (secondary N) is 3. The van der Waals surface area contributed by atoms with Gasteiger partial charge in [0.1, 0.15) is 5.82 Å². The highest BCUT2D eigenvalue weighted by molar-refractivity contribution is 5.76. The summed E-state index contributed by atoms with van der Waals surface area (Å²) in [5.41, 5.74) is 0.466. The highest BCUT2D eigenvalue weighted by atomic mass is 16.3. The van der Waals surface area contributed by atoms with E-state index in [2.05, 4.69) is 30.5 Å². The molecular formula is C13H18N6O4. The molecule has 0 saturated heterocycles. The normalized spacial score (nSPS) is 11.0. The second-order valence-electron chi connectivity index (χ2n) is 4.60. The Morgan fingerprint density at radius 3 is 2.78 bits per heavy atom. The number of hydrogen-bond donors (Lipinski definition) is 4. The minimum atomic E-state index is -0.364. The van der Waals surface area contributed by atoms with Crippen molar-refractivity contribution >= 4 is 12.4 Å². The van der Waals surface area contributed by atoms with Gasteiger partial charge in [0, 0.05) is 43.9 Å². The van der Waals surface area contributed by atoms with Crippen molar-refractivity contribution in [2.45, 2.75) is 32.2 Å². The van der Waals surface area contributed by atoms with Crippen molar-refractivity contribution in [1.29, 1.82) is 0 Å². The van der Waals surface area contributed by atoms with Gasteiger partial charge in [-0.1, -0.05) is 0 Å². The predicted octanol–water partition coefficient (Wildman–Crippen LogP) is -0.731. The molecule has 2 aromatic rings. The number of carboxylic acid groups (broad SMARTS) is 1. The molecule has 2 aromatic heterocycles. The van der Waals surface area contributed by atoms with Gasteiger partial charge in [-0.25, -0.2) is 9.89 Å². The zero-order valence-corrected chi connectivity index (χ0v) is 12.5. The lowest BCUT2D eigenvalue weighted by Crippen LogP contribution is -2.34. The molecule has 10 heteroatoms. The van der Waals surface area contributed by atoms with E-state index in [1.807, 2.05) is 6.92 Å². The lowest BCUT2D eigenvalue weighted by Gasteiger charge is -2.12. The van der Waals surface area contributed by atoms with E-state index in [4.69, 9.17) is 9.90 Å². The van der Waals surface area contributed by atoms with Crippen molar-refractivity contribution in [1.82, 2.24) is 30.5 Å². The molecule has 1 amide bonds. The number of hydrogen-bond acceptors (Lipinski definition) is 6. The number of carbonyl (C=O) groups excluding carboxylic acids is 1. The van der Waals surface area contributed by atoms with Gasteiger partial charge in [-0.05, 0) is 6.92 Å². The number of amides is 1. The topological polar surface area (TPSA) is 154 Å². The second-order valence-corrected chi connectivity index (χ2v) is 4.60. The van der Waals surface area contributed by atoms with Crippen LogP contribution < -0.4 is 11.0 Å². The summed E-state index contributed by atoms with van der Waals surface area (Å²) in [5.74, 6) is 0.386. The summed E-state index contributed by atoms with van der Waals surface area (Å²) < 4.78 is 0. The number of H-pyrrole nitrogens is 2. The van der Waals surface area contributed by atoms with Crippen LogP contribution >= 0.6 is 0 Å². The van der Waals surface area contributed by atoms with Gasteiger partial charge < -0.3 is 10.4 Å². The highest BCUT2D eigenvalue weighted by Gasteiger charge is 2.10. The summed E-state index contributed by atoms with van der Waals surface area (Å²) >= 11 is 0. The number of aryl methyl sites for hydroxylation is 1. The van der Waals surface area contributed by atoms with Gasteiger partial charge in [0.2, 0.25) is 5.91 Å². The summed E-state index contributed by atoms with van der Waals surface area (Å²) in [7, 11) is 0. The Kier molecular flexibility index (Phi) is 7.69. The van der Waals surface area contributed by atoms with Crippen molar-refractivity contribution in [2.24, 2.45) is 0 Å². The van der Waals surface area contributed by atoms with E-state index < -0.39 is 0 Å². The Morgan fingerprint density at radius 2 is 2.22 bits per heavy atom. The Morgan fingerprint density at radius 1 is 1.48 bits per heavy atom. The van der Waals surface area contributed by atoms with Gasteiger partial charge in [-0.15, -0.1) is 0 Å². The van der Waals surface area contributed by atoms with E-state index in [1.165, 1.54) is 0 Å². The van der Waals surface area contributed by atoms with Crippen molar-refractivity contribution in [3.63, 3.8) is 0 Å². The average Bonchev–Trinajstić information content (AvgIpc) is 2.92. The van der Waals surface area contributed by atoms with Crippen LogP contribution in [0.3, 0.4) is 0 Å². The molecule has 23 heavy (non-hydrogen) atoms. The highest BCUT2D eigenvalue weighted by Crippen LogP contribution is 1.98. The molecule has 1 unspecified atom stereocenters. The van der Waals surface area contributed by atoms with Crippen LogP contribution in [-0.2, 0) is 22.4 Å². The van der Waals surface area contributed by atoms with Gasteiger partial charge in [-0.2, -0.15) is 5.10 Å². The van der Waals surface area contributed by atoms with Crippen LogP contribution in [0.2, 0.25) is 0 Å². The van der Waals surface area contributed by atoms with Gasteiger partial charge in [0.25, 0.3) is 6.47 Å². The fourth-order valence-electron chi connectivity index (χ4n) is 1.80. The molecule has 4 N–H and O–H groups in total. The average molecular weight is 322 g/mol. The van der Waals surface area contributed by atoms with Gasteiger partial charge in [0.15, 0.2) is 0 Å². The van der Waals surface area contributed by atoms with Crippen LogP contribution in [0.1, 0.15) is 24.9 Å². The van der Waals surface area contributed by atoms with Crippen molar-refractivity contribution in [3.05, 3.63) is 40.6 Å². The van der Waals surface area contributed by atoms with E-state index in [9.17, 15) is 9.59 Å². The quantitative estimate of drug-likeness (QED) is 0.511. The van der Waals surface area contributed by atoms with E-state index >= 15 is 0 Å². The summed E-state index contributed by atoms with van der Waals surface area (Å²) in [4.78, 5) is 41.6. The minimum absolute atomic E-state index is 0.0302. The van der Waals surface area contributed by atoms with E-state index in [1.54, 1.807) is 18.6 Å². The first-order valence-corrected chi connectivity index (χ1v) is 6.80. The van der Waals surface area contributed by atoms with Crippen LogP contribution in [-0.4, -0.2) is 48.7 Å². The molecule has 124 valence electrons. The lowest BCUT2D eigenvalue weighted by atomic mass is 10.2. The SMILES string of the molecule is CC(Cc1cnccn1)NC(=O)CCc1n[nH]c(=O)[nH]1.O=CO. The van der Waals surface area contributed by atoms with Crippen molar-refractivity contribution < 1.29 is 14.7 Å². The lowest BCUT2D eigenvalue weighted by molar-refractivity contribution is -0.123. The van der Waals surface area contributed by atoms with Gasteiger partial charge in [-0.3, -0.25) is 24.5 Å². The van der Waals surface area contributed by atoms with Gasteiger partial charge >= 0.3 is 5.69 Å². The first-order chi connectivity index (χ1) is 11.0. The van der Waals surface area contributed by atoms with Crippen molar-refractivity contribution in [3.8, 4) is 0 Å². The smallest absolute Gasteiger partial charge is 0.340 e. The summed E-state index contributed by atoms with van der Waals surface area (Å²) in [5, 5.41) is 15.8. The van der Waals surface area contributed by atoms with Crippen molar-refractivity contribution in [2.75, 3.05) is 0 Å². The molecule has 0 fully saturated rings. The third-order valence-electron chi connectivity index (χ3n) is 2.68. The second kappa shape index (κ2) is 9.82. The van der Waals surface area contributed by atoms with E-state index in [0.717, 1.165) is 5.69 Å². The molecule has 2 rings (SSSR count). The predicted molar refractivity (Wildman–Crippen MR) is 79.6 cm³/mol. The maximum Gasteiger partial charge on any atom is 0.340 e. The standard InChI is InChI=1S/C12H16N6O2.CH2O2/c1-8(6-9-7-13-4-5-14-9)15-11(19)3-2-10-16-12(20)18-17-10;2-1-3/h4-5,7-8H,2-3,6H2,1H3,(H,15,19)(H2,16,17,18,20);1H,(H,2,3). The first-order valence-electron chi connectivity index (χ1n) is 6.80. The number of aromatic nitrogens is 5. The maximum absolute atomic E-state index is 11.7. The number of nitrogens with zero attached hydrogens (tertiary/aromatic N) is 3. The summed E-state index contributed by atoms with van der Waals surface area (Å²) in [6.07, 6.45) is 6.19. The molecule has 0 aliphatic heterocycles. The number of rotatable bonds is 6. The van der Waals surface area contributed by atoms with Gasteiger partial charge in [0.05, 0.1) is 5.69 Å². The first kappa shape index (κ1) is 18.0. The molecule has 0 saturated carbocycles. The largest absolute Gasteiger partial charge is 0.483 e. The Bertz CT molecular complexity index is 654. The van der Waals surface area contributed by atoms with Crippen LogP contribution in [0.5, 0.6) is 0 Å². The molecule has 1 atom stereocenters. The molecule has 0 aliphatic rings. The molecular weight excluding hydrogens is 304 g/mol. The molecule has 0 aromatic carbocycles. The fraction of sp³-hybridized carbons (Fsp3) is 0.385. The Labute approximate surface area is 131 Å². The molecule has 0 aliphatic carbocycles. The summed E-state index contributed by atoms with van der Waals surface area (Å²) in [6.45, 7) is 1.66. The molecule has 0 radical (unpaired) electrons. The van der Waals surface area contributed by atoms with Crippen LogP contribution in [0.25, 0.3) is 0 Å². The summed E-state index contributed by atoms with van der Waals surface area (Å²) in [6, 6.07) is -0.0302. The van der Waals surface area contributed by atoms with E-state index in [-0.39, 0.29) is 30.5 Å². The molecule has 0 spiro atoms. The fourth-order valence-corrected chi connectivity index (χ4v) is 1.80. The Balaban J connectivity index is 0.000000816. The zero-order valence-electron chi connectivity index (χ0n) is 12.5. The van der Waals surface area contributed by atoms with E-state index in [0.29, 0.717) is 18.7 Å². The molecule has 10 nitrogen and oxygen atoms in total. The monoisotopic (exact) mass is 322 g/mol. The number of carbonyl (C=O) groups is 2. The third-order valence-corrected chi connectivity index (χ3v) is 2.68. The Hall–Kier alpha value is -3.04. The minimum Gasteiger partial charge on any atom is -0.483 e. The number of aromatic amines is 2. The zero-order chi connectivity index (χ0) is 17.1. The molecule has 0 bridgehead atoms. The van der Waals surface area contributed by atoms with Crippen LogP contribution in [0.15, 0.2) is 23.4 Å². The molecule has 2 heterocycles. The van der Waals surface area contributed by atoms with Crippen LogP contribution in [0, 0.1) is 0 Å². The third kappa shape index (κ3) is 7.50.